The second-order valence-corrected chi connectivity index (χ2v) is 14.8. The van der Waals surface area contributed by atoms with E-state index in [1.807, 2.05) is 13.0 Å². The van der Waals surface area contributed by atoms with E-state index in [1.54, 1.807) is 0 Å². The third-order valence-corrected chi connectivity index (χ3v) is 12.8. The Morgan fingerprint density at radius 2 is 1.53 bits per heavy atom. The van der Waals surface area contributed by atoms with E-state index in [0.29, 0.717) is 6.42 Å². The highest BCUT2D eigenvalue weighted by Gasteiger charge is 2.71. The van der Waals surface area contributed by atoms with Crippen molar-refractivity contribution < 1.29 is 28.7 Å². The van der Waals surface area contributed by atoms with Gasteiger partial charge in [0.1, 0.15) is 11.7 Å². The number of allylic oxidation sites excluding steroid dienone is 2. The van der Waals surface area contributed by atoms with Crippen molar-refractivity contribution in [2.75, 3.05) is 14.2 Å². The number of carbonyl (C=O) groups is 4. The van der Waals surface area contributed by atoms with E-state index in [4.69, 9.17) is 9.47 Å². The second-order valence-electron chi connectivity index (χ2n) is 14.8. The van der Waals surface area contributed by atoms with Crippen LogP contribution in [0.5, 0.6) is 0 Å². The van der Waals surface area contributed by atoms with Gasteiger partial charge in [-0.3, -0.25) is 19.2 Å². The Balaban J connectivity index is 1.64. The fraction of sp³-hybridized carbons (Fsp3) is 0.812. The molecule has 5 rings (SSSR count). The number of ketones is 2. The number of Topliss-reactive ketones (excluding diaryl/α,β-unsaturated/α-hetero) is 1. The van der Waals surface area contributed by atoms with Crippen molar-refractivity contribution in [2.45, 2.75) is 92.9 Å². The lowest BCUT2D eigenvalue weighted by atomic mass is 9.34. The third kappa shape index (κ3) is 3.36. The molecular formula is C32H46O6. The van der Waals surface area contributed by atoms with Gasteiger partial charge in [-0.1, -0.05) is 47.1 Å². The zero-order valence-corrected chi connectivity index (χ0v) is 24.6. The molecule has 0 aliphatic heterocycles. The smallest absolute Gasteiger partial charge is 0.316 e. The molecule has 6 heteroatoms. The Bertz CT molecular complexity index is 1120. The quantitative estimate of drug-likeness (QED) is 0.338. The van der Waals surface area contributed by atoms with Crippen LogP contribution in [0.25, 0.3) is 0 Å². The molecule has 0 saturated heterocycles. The summed E-state index contributed by atoms with van der Waals surface area (Å²) < 4.78 is 10.5. The summed E-state index contributed by atoms with van der Waals surface area (Å²) in [5.41, 5.74) is -0.438. The minimum Gasteiger partial charge on any atom is -0.469 e. The molecule has 0 aromatic rings. The highest BCUT2D eigenvalue weighted by Crippen LogP contribution is 2.74. The summed E-state index contributed by atoms with van der Waals surface area (Å²) in [6.45, 7) is 13.3. The predicted octanol–water partition coefficient (Wildman–Crippen LogP) is 5.72. The largest absolute Gasteiger partial charge is 0.469 e. The van der Waals surface area contributed by atoms with Gasteiger partial charge in [-0.2, -0.15) is 0 Å². The first-order valence-corrected chi connectivity index (χ1v) is 14.6. The van der Waals surface area contributed by atoms with Gasteiger partial charge < -0.3 is 9.47 Å². The molecule has 210 valence electrons. The number of rotatable bonds is 2. The normalized spacial score (nSPS) is 47.5. The average Bonchev–Trinajstić information content (AvgIpc) is 2.86. The Hall–Kier alpha value is -1.98. The van der Waals surface area contributed by atoms with Crippen molar-refractivity contribution >= 4 is 23.5 Å². The minimum atomic E-state index is -0.794. The standard InChI is InChI=1S/C32H46O6/c1-18-20-9-10-30(5)23(29(20,4)16-19(25(18)34)26(35)37-7)15-22(33)24-21-17-28(2,3)11-13-32(21,27(36)38-8)14-12-31(24,30)6/h15,18-21,24H,9-14,16-17H2,1-8H3/t18-,19?,20-,21-,24-,29-,30+,31+,32-/m0/s1. The van der Waals surface area contributed by atoms with Crippen molar-refractivity contribution in [3.8, 4) is 0 Å². The summed E-state index contributed by atoms with van der Waals surface area (Å²) in [6, 6.07) is 0. The van der Waals surface area contributed by atoms with Crippen LogP contribution >= 0.6 is 0 Å². The molecule has 0 aromatic carbocycles. The molecule has 0 amide bonds. The van der Waals surface area contributed by atoms with Gasteiger partial charge in [0.05, 0.1) is 19.6 Å². The number of hydrogen-bond donors (Lipinski definition) is 0. The van der Waals surface area contributed by atoms with Gasteiger partial charge in [0.2, 0.25) is 0 Å². The first kappa shape index (κ1) is 27.6. The summed E-state index contributed by atoms with van der Waals surface area (Å²) in [6.07, 6.45) is 8.18. The number of hydrogen-bond acceptors (Lipinski definition) is 6. The molecule has 4 saturated carbocycles. The predicted molar refractivity (Wildman–Crippen MR) is 143 cm³/mol. The van der Waals surface area contributed by atoms with Crippen molar-refractivity contribution in [1.29, 1.82) is 0 Å². The van der Waals surface area contributed by atoms with E-state index in [9.17, 15) is 19.2 Å². The lowest BCUT2D eigenvalue weighted by molar-refractivity contribution is -0.192. The van der Waals surface area contributed by atoms with Crippen molar-refractivity contribution in [2.24, 2.45) is 56.7 Å². The van der Waals surface area contributed by atoms with Crippen LogP contribution in [0, 0.1) is 56.7 Å². The molecule has 4 fully saturated rings. The molecule has 5 aliphatic carbocycles. The summed E-state index contributed by atoms with van der Waals surface area (Å²) in [7, 11) is 2.82. The molecule has 0 spiro atoms. The van der Waals surface area contributed by atoms with E-state index in [-0.39, 0.29) is 57.5 Å². The maximum Gasteiger partial charge on any atom is 0.316 e. The van der Waals surface area contributed by atoms with Crippen LogP contribution < -0.4 is 0 Å². The first-order chi connectivity index (χ1) is 17.6. The van der Waals surface area contributed by atoms with Crippen LogP contribution in [0.2, 0.25) is 0 Å². The fourth-order valence-electron chi connectivity index (χ4n) is 10.5. The second kappa shape index (κ2) is 8.51. The summed E-state index contributed by atoms with van der Waals surface area (Å²) >= 11 is 0. The summed E-state index contributed by atoms with van der Waals surface area (Å²) in [5.74, 6) is -1.79. The van der Waals surface area contributed by atoms with E-state index in [0.717, 1.165) is 50.5 Å². The fourth-order valence-corrected chi connectivity index (χ4v) is 10.5. The molecular weight excluding hydrogens is 480 g/mol. The SMILES string of the molecule is COC(=O)C1C[C@]2(C)C3=CC(=O)[C@@H]4[C@@H]5CC(C)(C)CC[C@]5(C(=O)OC)CC[C@@]4(C)[C@]3(C)CC[C@H]2[C@H](C)C1=O. The van der Waals surface area contributed by atoms with Gasteiger partial charge in [0.15, 0.2) is 5.78 Å². The van der Waals surface area contributed by atoms with Crippen LogP contribution in [-0.2, 0) is 28.7 Å². The molecule has 9 atom stereocenters. The van der Waals surface area contributed by atoms with Gasteiger partial charge in [-0.15, -0.1) is 0 Å². The van der Waals surface area contributed by atoms with Crippen molar-refractivity contribution in [3.05, 3.63) is 11.6 Å². The van der Waals surface area contributed by atoms with Crippen LogP contribution in [-0.4, -0.2) is 37.7 Å². The molecule has 38 heavy (non-hydrogen) atoms. The summed E-state index contributed by atoms with van der Waals surface area (Å²) in [5, 5.41) is 0. The van der Waals surface area contributed by atoms with E-state index >= 15 is 0 Å². The third-order valence-electron chi connectivity index (χ3n) is 12.8. The molecule has 0 aromatic heterocycles. The Kier molecular flexibility index (Phi) is 6.18. The maximum atomic E-state index is 14.4. The monoisotopic (exact) mass is 526 g/mol. The number of esters is 2. The number of ether oxygens (including phenoxy) is 2. The molecule has 0 heterocycles. The van der Waals surface area contributed by atoms with Crippen LogP contribution in [0.3, 0.4) is 0 Å². The van der Waals surface area contributed by atoms with Gasteiger partial charge >= 0.3 is 11.9 Å². The molecule has 6 nitrogen and oxygen atoms in total. The highest BCUT2D eigenvalue weighted by molar-refractivity contribution is 6.01. The highest BCUT2D eigenvalue weighted by atomic mass is 16.5. The van der Waals surface area contributed by atoms with Crippen LogP contribution in [0.15, 0.2) is 11.6 Å². The topological polar surface area (TPSA) is 86.7 Å². The van der Waals surface area contributed by atoms with Gasteiger partial charge in [0, 0.05) is 11.8 Å². The number of fused-ring (bicyclic) bond motifs is 7. The molecule has 0 N–H and O–H groups in total. The Morgan fingerprint density at radius 1 is 0.868 bits per heavy atom. The van der Waals surface area contributed by atoms with Crippen LogP contribution in [0.4, 0.5) is 0 Å². The average molecular weight is 527 g/mol. The van der Waals surface area contributed by atoms with E-state index in [2.05, 4.69) is 34.6 Å². The number of carbonyl (C=O) groups excluding carboxylic acids is 4. The molecule has 1 unspecified atom stereocenters. The van der Waals surface area contributed by atoms with Crippen LogP contribution in [0.1, 0.15) is 92.9 Å². The molecule has 0 bridgehead atoms. The van der Waals surface area contributed by atoms with Crippen molar-refractivity contribution in [1.82, 2.24) is 0 Å². The molecule has 5 aliphatic rings. The Morgan fingerprint density at radius 3 is 2.16 bits per heavy atom. The first-order valence-electron chi connectivity index (χ1n) is 14.6. The lowest BCUT2D eigenvalue weighted by Gasteiger charge is -2.68. The zero-order valence-electron chi connectivity index (χ0n) is 24.6. The van der Waals surface area contributed by atoms with E-state index < -0.39 is 22.7 Å². The Labute approximate surface area is 227 Å². The van der Waals surface area contributed by atoms with Gasteiger partial charge in [0.25, 0.3) is 0 Å². The molecule has 0 radical (unpaired) electrons. The summed E-state index contributed by atoms with van der Waals surface area (Å²) in [4.78, 5) is 53.7. The minimum absolute atomic E-state index is 0.0280. The van der Waals surface area contributed by atoms with Gasteiger partial charge in [-0.05, 0) is 90.9 Å². The lowest BCUT2D eigenvalue weighted by Crippen LogP contribution is -2.66. The number of methoxy groups -OCH3 is 2. The zero-order chi connectivity index (χ0) is 28.1. The van der Waals surface area contributed by atoms with Crippen molar-refractivity contribution in [3.63, 3.8) is 0 Å². The maximum absolute atomic E-state index is 14.4. The van der Waals surface area contributed by atoms with E-state index in [1.165, 1.54) is 14.2 Å². The van der Waals surface area contributed by atoms with Gasteiger partial charge in [-0.25, -0.2) is 0 Å².